The van der Waals surface area contributed by atoms with Crippen LogP contribution in [0.1, 0.15) is 92.4 Å². The van der Waals surface area contributed by atoms with Crippen LogP contribution in [0.4, 0.5) is 0 Å². The van der Waals surface area contributed by atoms with Gasteiger partial charge in [-0.15, -0.1) is 0 Å². The van der Waals surface area contributed by atoms with Gasteiger partial charge >= 0.3 is 0 Å². The van der Waals surface area contributed by atoms with Crippen molar-refractivity contribution >= 4 is 5.78 Å². The fourth-order valence-corrected chi connectivity index (χ4v) is 8.47. The minimum Gasteiger partial charge on any atom is -0.390 e. The number of aliphatic hydroxyl groups is 4. The van der Waals surface area contributed by atoms with Gasteiger partial charge in [0.1, 0.15) is 0 Å². The zero-order valence-corrected chi connectivity index (χ0v) is 20.6. The summed E-state index contributed by atoms with van der Waals surface area (Å²) >= 11 is 0. The second-order valence-electron chi connectivity index (χ2n) is 13.0. The van der Waals surface area contributed by atoms with Crippen LogP contribution in [0.5, 0.6) is 0 Å². The van der Waals surface area contributed by atoms with Gasteiger partial charge in [-0.2, -0.15) is 0 Å². The molecule has 4 aliphatic carbocycles. The molecule has 6 unspecified atom stereocenters. The number of fused-ring (bicyclic) bond motifs is 5. The molecular weight excluding hydrogens is 404 g/mol. The minimum absolute atomic E-state index is 0.0448. The normalized spacial score (nSPS) is 46.0. The van der Waals surface area contributed by atoms with Crippen molar-refractivity contribution < 1.29 is 25.2 Å². The molecule has 0 amide bonds. The van der Waals surface area contributed by atoms with Crippen LogP contribution in [0.15, 0.2) is 11.6 Å². The summed E-state index contributed by atoms with van der Waals surface area (Å²) in [5.74, 6) is 0.639. The molecule has 3 fully saturated rings. The van der Waals surface area contributed by atoms with Crippen LogP contribution in [0.3, 0.4) is 0 Å². The largest absolute Gasteiger partial charge is 0.390 e. The van der Waals surface area contributed by atoms with Crippen molar-refractivity contribution in [3.63, 3.8) is 0 Å². The molecule has 0 aliphatic heterocycles. The predicted octanol–water partition coefficient (Wildman–Crippen LogP) is 3.77. The summed E-state index contributed by atoms with van der Waals surface area (Å²) in [6.45, 7) is 10.1. The first-order chi connectivity index (χ1) is 14.7. The van der Waals surface area contributed by atoms with Crippen LogP contribution in [0.2, 0.25) is 0 Å². The number of rotatable bonds is 5. The van der Waals surface area contributed by atoms with Crippen LogP contribution >= 0.6 is 0 Å². The van der Waals surface area contributed by atoms with Crippen LogP contribution in [0.25, 0.3) is 0 Å². The molecule has 0 aromatic heterocycles. The average molecular weight is 449 g/mol. The van der Waals surface area contributed by atoms with Gasteiger partial charge in [-0.3, -0.25) is 4.79 Å². The molecule has 0 aromatic rings. The monoisotopic (exact) mass is 448 g/mol. The number of aliphatic hydroxyl groups excluding tert-OH is 2. The van der Waals surface area contributed by atoms with E-state index in [-0.39, 0.29) is 40.3 Å². The molecule has 32 heavy (non-hydrogen) atoms. The summed E-state index contributed by atoms with van der Waals surface area (Å²) in [5, 5.41) is 42.3. The molecule has 4 rings (SSSR count). The Morgan fingerprint density at radius 2 is 1.59 bits per heavy atom. The summed E-state index contributed by atoms with van der Waals surface area (Å²) in [4.78, 5) is 13.2. The lowest BCUT2D eigenvalue weighted by Gasteiger charge is -2.58. The molecule has 0 aromatic carbocycles. The van der Waals surface area contributed by atoms with Crippen LogP contribution in [-0.2, 0) is 4.79 Å². The SMILES string of the molecule is CC(C)(O)CCC[C@](C)(O)C1CCC2C3=CC(=O)C4C[C@@H](O)[C@@H](O)CC4(C)C3CCC21C. The van der Waals surface area contributed by atoms with Crippen molar-refractivity contribution in [3.05, 3.63) is 11.6 Å². The first-order valence-electron chi connectivity index (χ1n) is 12.8. The molecule has 5 nitrogen and oxygen atoms in total. The van der Waals surface area contributed by atoms with Gasteiger partial charge in [0, 0.05) is 5.92 Å². The van der Waals surface area contributed by atoms with Crippen LogP contribution < -0.4 is 0 Å². The highest BCUT2D eigenvalue weighted by Gasteiger charge is 2.62. The lowest BCUT2D eigenvalue weighted by Crippen LogP contribution is -2.56. The summed E-state index contributed by atoms with van der Waals surface area (Å²) in [6, 6.07) is 0. The van der Waals surface area contributed by atoms with E-state index in [1.807, 2.05) is 26.8 Å². The van der Waals surface area contributed by atoms with Crippen molar-refractivity contribution in [2.24, 2.45) is 34.5 Å². The third kappa shape index (κ3) is 3.91. The minimum atomic E-state index is -0.810. The number of carbonyl (C=O) groups excluding carboxylic acids is 1. The molecule has 3 saturated carbocycles. The number of hydrogen-bond donors (Lipinski definition) is 4. The molecule has 0 heterocycles. The Hall–Kier alpha value is -0.750. The van der Waals surface area contributed by atoms with E-state index in [0.29, 0.717) is 25.7 Å². The molecule has 0 radical (unpaired) electrons. The fourth-order valence-electron chi connectivity index (χ4n) is 8.47. The first-order valence-corrected chi connectivity index (χ1v) is 12.8. The van der Waals surface area contributed by atoms with Crippen molar-refractivity contribution in [2.45, 2.75) is 116 Å². The summed E-state index contributed by atoms with van der Waals surface area (Å²) in [6.07, 6.45) is 7.24. The molecular formula is C27H44O5. The second kappa shape index (κ2) is 7.90. The van der Waals surface area contributed by atoms with Crippen molar-refractivity contribution in [1.29, 1.82) is 0 Å². The van der Waals surface area contributed by atoms with E-state index in [0.717, 1.165) is 32.1 Å². The molecule has 0 bridgehead atoms. The zero-order chi connectivity index (χ0) is 23.7. The fraction of sp³-hybridized carbons (Fsp3) is 0.889. The Bertz CT molecular complexity index is 779. The zero-order valence-electron chi connectivity index (χ0n) is 20.6. The Morgan fingerprint density at radius 1 is 0.938 bits per heavy atom. The highest BCUT2D eigenvalue weighted by molar-refractivity contribution is 5.94. The quantitative estimate of drug-likeness (QED) is 0.513. The van der Waals surface area contributed by atoms with Gasteiger partial charge in [-0.1, -0.05) is 19.4 Å². The Balaban J connectivity index is 1.58. The Labute approximate surface area is 193 Å². The number of carbonyl (C=O) groups is 1. The van der Waals surface area contributed by atoms with E-state index < -0.39 is 23.4 Å². The van der Waals surface area contributed by atoms with E-state index in [4.69, 9.17) is 0 Å². The maximum atomic E-state index is 13.2. The third-order valence-electron chi connectivity index (χ3n) is 10.1. The number of ketones is 1. The van der Waals surface area contributed by atoms with Gasteiger partial charge in [-0.05, 0) is 113 Å². The topological polar surface area (TPSA) is 98.0 Å². The maximum Gasteiger partial charge on any atom is 0.159 e. The van der Waals surface area contributed by atoms with Gasteiger partial charge < -0.3 is 20.4 Å². The summed E-state index contributed by atoms with van der Waals surface area (Å²) in [7, 11) is 0. The van der Waals surface area contributed by atoms with E-state index in [1.165, 1.54) is 5.57 Å². The third-order valence-corrected chi connectivity index (χ3v) is 10.1. The highest BCUT2D eigenvalue weighted by Crippen LogP contribution is 2.67. The average Bonchev–Trinajstić information content (AvgIpc) is 3.01. The molecule has 4 aliphatic rings. The molecule has 5 heteroatoms. The number of allylic oxidation sites excluding steroid dienone is 2. The van der Waals surface area contributed by atoms with Crippen molar-refractivity contribution in [2.75, 3.05) is 0 Å². The standard InChI is InChI=1S/C27H44O5/c1-24(2,31)10-6-11-27(5,32)23-8-7-17-16-13-20(28)19-14-21(29)22(30)15-26(19,4)18(16)9-12-25(17,23)3/h13,17-19,21-23,29-32H,6-12,14-15H2,1-5H3/t17?,18?,19?,21-,22+,23?,25?,26?,27+/m1/s1. The van der Waals surface area contributed by atoms with Crippen LogP contribution in [-0.4, -0.2) is 49.6 Å². The molecule has 4 N–H and O–H groups in total. The second-order valence-corrected chi connectivity index (χ2v) is 13.0. The van der Waals surface area contributed by atoms with E-state index in [1.54, 1.807) is 0 Å². The first kappa shape index (κ1) is 24.4. The van der Waals surface area contributed by atoms with Gasteiger partial charge in [0.15, 0.2) is 5.78 Å². The van der Waals surface area contributed by atoms with E-state index in [9.17, 15) is 25.2 Å². The van der Waals surface area contributed by atoms with Gasteiger partial charge in [0.2, 0.25) is 0 Å². The maximum absolute atomic E-state index is 13.2. The molecule has 9 atom stereocenters. The van der Waals surface area contributed by atoms with Crippen LogP contribution in [0, 0.1) is 34.5 Å². The van der Waals surface area contributed by atoms with Gasteiger partial charge in [0.25, 0.3) is 0 Å². The smallest absolute Gasteiger partial charge is 0.159 e. The predicted molar refractivity (Wildman–Crippen MR) is 124 cm³/mol. The summed E-state index contributed by atoms with van der Waals surface area (Å²) in [5.41, 5.74) is -0.599. The number of hydrogen-bond acceptors (Lipinski definition) is 5. The lowest BCUT2D eigenvalue weighted by atomic mass is 9.47. The summed E-state index contributed by atoms with van der Waals surface area (Å²) < 4.78 is 0. The van der Waals surface area contributed by atoms with Gasteiger partial charge in [0.05, 0.1) is 23.4 Å². The van der Waals surface area contributed by atoms with E-state index >= 15 is 0 Å². The molecule has 182 valence electrons. The van der Waals surface area contributed by atoms with Gasteiger partial charge in [-0.25, -0.2) is 0 Å². The van der Waals surface area contributed by atoms with Crippen molar-refractivity contribution in [1.82, 2.24) is 0 Å². The highest BCUT2D eigenvalue weighted by atomic mass is 16.3. The Morgan fingerprint density at radius 3 is 2.25 bits per heavy atom. The lowest BCUT2D eigenvalue weighted by molar-refractivity contribution is -0.144. The van der Waals surface area contributed by atoms with E-state index in [2.05, 4.69) is 13.8 Å². The van der Waals surface area contributed by atoms with Crippen molar-refractivity contribution in [3.8, 4) is 0 Å². The molecule has 0 saturated heterocycles. The molecule has 0 spiro atoms. The Kier molecular flexibility index (Phi) is 6.02.